The molecule has 1 saturated heterocycles. The first-order valence-electron chi connectivity index (χ1n) is 10.3. The molecule has 2 aromatic rings. The lowest BCUT2D eigenvalue weighted by Crippen LogP contribution is -2.50. The van der Waals surface area contributed by atoms with Gasteiger partial charge in [-0.05, 0) is 53.4 Å². The molecule has 5 nitrogen and oxygen atoms in total. The van der Waals surface area contributed by atoms with Crippen molar-refractivity contribution in [2.45, 2.75) is 44.4 Å². The van der Waals surface area contributed by atoms with Crippen molar-refractivity contribution >= 4 is 33.4 Å². The number of hydrogen-bond acceptors (Lipinski definition) is 3. The normalized spacial score (nSPS) is 19.0. The molecule has 1 amide bonds. The van der Waals surface area contributed by atoms with Gasteiger partial charge in [0, 0.05) is 43.7 Å². The minimum atomic E-state index is -4.57. The zero-order valence-corrected chi connectivity index (χ0v) is 19.3. The molecule has 10 heteroatoms. The molecule has 4 rings (SSSR count). The maximum atomic E-state index is 13.4. The Balaban J connectivity index is 1.44. The summed E-state index contributed by atoms with van der Waals surface area (Å²) in [7, 11) is 0. The van der Waals surface area contributed by atoms with Crippen LogP contribution < -0.4 is 0 Å². The lowest BCUT2D eigenvalue weighted by atomic mass is 10.2. The molecule has 2 heterocycles. The molecule has 1 aromatic heterocycles. The van der Waals surface area contributed by atoms with Gasteiger partial charge in [0.2, 0.25) is 5.91 Å². The summed E-state index contributed by atoms with van der Waals surface area (Å²) in [6.45, 7) is 4.80. The largest absolute Gasteiger partial charge is 0.436 e. The predicted octanol–water partition coefficient (Wildman–Crippen LogP) is 5.10. The lowest BCUT2D eigenvalue weighted by molar-refractivity contribution is -0.143. The van der Waals surface area contributed by atoms with Crippen LogP contribution in [0.25, 0.3) is 0 Å². The van der Waals surface area contributed by atoms with Gasteiger partial charge in [-0.15, -0.1) is 0 Å². The highest BCUT2D eigenvalue weighted by Crippen LogP contribution is 2.47. The van der Waals surface area contributed by atoms with Gasteiger partial charge >= 0.3 is 6.18 Å². The van der Waals surface area contributed by atoms with Crippen molar-refractivity contribution in [3.05, 3.63) is 50.7 Å². The Morgan fingerprint density at radius 1 is 1.26 bits per heavy atom. The quantitative estimate of drug-likeness (QED) is 0.552. The molecule has 2 fully saturated rings. The van der Waals surface area contributed by atoms with Gasteiger partial charge in [0.05, 0.1) is 10.2 Å². The van der Waals surface area contributed by atoms with E-state index in [0.717, 1.165) is 24.9 Å². The first kappa shape index (κ1) is 22.6. The Kier molecular flexibility index (Phi) is 6.38. The van der Waals surface area contributed by atoms with E-state index in [9.17, 15) is 18.0 Å². The molecule has 1 atom stereocenters. The standard InChI is InChI=1S/C21H23BrClF3N4O/c1-13(30-18(15-5-6-15)17(22)19(27-30)21(24,25)26)20(31)29-9-7-28(8-10-29)12-14-3-2-4-16(23)11-14/h2-4,11,13,15H,5-10,12H2,1H3. The summed E-state index contributed by atoms with van der Waals surface area (Å²) in [5.74, 6) is -0.184. The van der Waals surface area contributed by atoms with Crippen LogP contribution in [-0.2, 0) is 17.5 Å². The van der Waals surface area contributed by atoms with Gasteiger partial charge in [-0.1, -0.05) is 23.7 Å². The van der Waals surface area contributed by atoms with Gasteiger partial charge in [0.15, 0.2) is 5.69 Å². The average Bonchev–Trinajstić information content (AvgIpc) is 3.48. The van der Waals surface area contributed by atoms with Crippen molar-refractivity contribution in [2.75, 3.05) is 26.2 Å². The fourth-order valence-electron chi connectivity index (χ4n) is 4.02. The van der Waals surface area contributed by atoms with E-state index in [2.05, 4.69) is 25.9 Å². The van der Waals surface area contributed by atoms with Gasteiger partial charge < -0.3 is 4.90 Å². The molecule has 1 aliphatic carbocycles. The van der Waals surface area contributed by atoms with Crippen LogP contribution in [0.5, 0.6) is 0 Å². The molecule has 2 aliphatic rings. The number of carbonyl (C=O) groups is 1. The molecule has 1 aliphatic heterocycles. The SMILES string of the molecule is CC(C(=O)N1CCN(Cc2cccc(Cl)c2)CC1)n1nc(C(F)(F)F)c(Br)c1C1CC1. The van der Waals surface area contributed by atoms with Crippen molar-refractivity contribution in [3.63, 3.8) is 0 Å². The fraction of sp³-hybridized carbons (Fsp3) is 0.524. The summed E-state index contributed by atoms with van der Waals surface area (Å²) in [4.78, 5) is 17.1. The second-order valence-electron chi connectivity index (χ2n) is 8.17. The third-order valence-electron chi connectivity index (χ3n) is 5.82. The highest BCUT2D eigenvalue weighted by molar-refractivity contribution is 9.10. The number of nitrogens with zero attached hydrogens (tertiary/aromatic N) is 4. The number of benzene rings is 1. The molecule has 0 N–H and O–H groups in total. The lowest BCUT2D eigenvalue weighted by Gasteiger charge is -2.36. The first-order chi connectivity index (χ1) is 14.6. The van der Waals surface area contributed by atoms with Crippen LogP contribution >= 0.6 is 27.5 Å². The van der Waals surface area contributed by atoms with E-state index in [0.29, 0.717) is 36.9 Å². The smallest absolute Gasteiger partial charge is 0.338 e. The maximum absolute atomic E-state index is 13.4. The molecular weight excluding hydrogens is 497 g/mol. The minimum absolute atomic E-state index is 0.0165. The van der Waals surface area contributed by atoms with E-state index in [-0.39, 0.29) is 16.3 Å². The van der Waals surface area contributed by atoms with E-state index in [1.165, 1.54) is 4.68 Å². The van der Waals surface area contributed by atoms with Gasteiger partial charge in [-0.25, -0.2) is 0 Å². The summed E-state index contributed by atoms with van der Waals surface area (Å²) < 4.78 is 41.4. The third-order valence-corrected chi connectivity index (χ3v) is 6.84. The summed E-state index contributed by atoms with van der Waals surface area (Å²) in [5.41, 5.74) is 0.629. The number of alkyl halides is 3. The van der Waals surface area contributed by atoms with E-state index in [1.54, 1.807) is 11.8 Å². The molecular formula is C21H23BrClF3N4O. The molecule has 0 bridgehead atoms. The monoisotopic (exact) mass is 518 g/mol. The van der Waals surface area contributed by atoms with Gasteiger partial charge in [-0.3, -0.25) is 14.4 Å². The molecule has 31 heavy (non-hydrogen) atoms. The maximum Gasteiger partial charge on any atom is 0.436 e. The number of aromatic nitrogens is 2. The minimum Gasteiger partial charge on any atom is -0.338 e. The van der Waals surface area contributed by atoms with Gasteiger partial charge in [0.25, 0.3) is 0 Å². The molecule has 1 saturated carbocycles. The Labute approximate surface area is 192 Å². The van der Waals surface area contributed by atoms with E-state index < -0.39 is 17.9 Å². The zero-order valence-electron chi connectivity index (χ0n) is 17.0. The number of hydrogen-bond donors (Lipinski definition) is 0. The average molecular weight is 520 g/mol. The van der Waals surface area contributed by atoms with E-state index in [4.69, 9.17) is 11.6 Å². The van der Waals surface area contributed by atoms with Crippen molar-refractivity contribution in [2.24, 2.45) is 0 Å². The summed E-state index contributed by atoms with van der Waals surface area (Å²) in [6.07, 6.45) is -2.95. The van der Waals surface area contributed by atoms with Crippen LogP contribution in [0.15, 0.2) is 28.7 Å². The van der Waals surface area contributed by atoms with Crippen molar-refractivity contribution in [1.82, 2.24) is 19.6 Å². The number of carbonyl (C=O) groups excluding carboxylic acids is 1. The zero-order chi connectivity index (χ0) is 22.3. The topological polar surface area (TPSA) is 41.4 Å². The van der Waals surface area contributed by atoms with Gasteiger partial charge in [0.1, 0.15) is 6.04 Å². The third kappa shape index (κ3) is 4.93. The Bertz CT molecular complexity index is 968. The van der Waals surface area contributed by atoms with Crippen LogP contribution in [0.1, 0.15) is 48.7 Å². The van der Waals surface area contributed by atoms with Crippen LogP contribution in [0.4, 0.5) is 13.2 Å². The highest BCUT2D eigenvalue weighted by Gasteiger charge is 2.43. The van der Waals surface area contributed by atoms with Crippen LogP contribution in [0.2, 0.25) is 5.02 Å². The number of piperazine rings is 1. The first-order valence-corrected chi connectivity index (χ1v) is 11.4. The number of amides is 1. The second-order valence-corrected chi connectivity index (χ2v) is 9.40. The fourth-order valence-corrected chi connectivity index (χ4v) is 5.04. The molecule has 0 spiro atoms. The van der Waals surface area contributed by atoms with E-state index >= 15 is 0 Å². The molecule has 168 valence electrons. The predicted molar refractivity (Wildman–Crippen MR) is 115 cm³/mol. The Morgan fingerprint density at radius 3 is 2.52 bits per heavy atom. The van der Waals surface area contributed by atoms with Crippen molar-refractivity contribution in [1.29, 1.82) is 0 Å². The molecule has 1 aromatic carbocycles. The van der Waals surface area contributed by atoms with Crippen LogP contribution in [-0.4, -0.2) is 51.7 Å². The van der Waals surface area contributed by atoms with E-state index in [1.807, 2.05) is 24.3 Å². The van der Waals surface area contributed by atoms with Crippen LogP contribution in [0.3, 0.4) is 0 Å². The van der Waals surface area contributed by atoms with Crippen molar-refractivity contribution < 1.29 is 18.0 Å². The summed E-state index contributed by atoms with van der Waals surface area (Å²) in [5, 5.41) is 4.50. The summed E-state index contributed by atoms with van der Waals surface area (Å²) in [6, 6.07) is 6.89. The van der Waals surface area contributed by atoms with Gasteiger partial charge in [-0.2, -0.15) is 18.3 Å². The molecule has 1 unspecified atom stereocenters. The Hall–Kier alpha value is -1.58. The number of rotatable bonds is 5. The Morgan fingerprint density at radius 2 is 1.94 bits per heavy atom. The number of halogens is 5. The van der Waals surface area contributed by atoms with Crippen molar-refractivity contribution in [3.8, 4) is 0 Å². The molecule has 0 radical (unpaired) electrons. The second kappa shape index (κ2) is 8.75. The highest BCUT2D eigenvalue weighted by atomic mass is 79.9. The van der Waals surface area contributed by atoms with Crippen LogP contribution in [0, 0.1) is 0 Å². The summed E-state index contributed by atoms with van der Waals surface area (Å²) >= 11 is 9.14.